The van der Waals surface area contributed by atoms with Crippen molar-refractivity contribution in [2.75, 3.05) is 29.9 Å². The monoisotopic (exact) mass is 534 g/mol. The molecule has 0 unspecified atom stereocenters. The lowest BCUT2D eigenvalue weighted by atomic mass is 10.0. The number of anilines is 2. The van der Waals surface area contributed by atoms with Gasteiger partial charge >= 0.3 is 6.09 Å². The Labute approximate surface area is 212 Å². The van der Waals surface area contributed by atoms with Gasteiger partial charge in [-0.3, -0.25) is 4.72 Å². The molecule has 2 heterocycles. The summed E-state index contributed by atoms with van der Waals surface area (Å²) < 4.78 is 45.2. The molecule has 13 heteroatoms. The van der Waals surface area contributed by atoms with Crippen LogP contribution in [0.3, 0.4) is 0 Å². The molecule has 192 valence electrons. The second kappa shape index (κ2) is 10.3. The van der Waals surface area contributed by atoms with Crippen molar-refractivity contribution in [1.82, 2.24) is 20.3 Å². The fraction of sp³-hybridized carbons (Fsp3) is 0.391. The molecular formula is C23H27FN6O4S2. The summed E-state index contributed by atoms with van der Waals surface area (Å²) in [6, 6.07) is 4.03. The lowest BCUT2D eigenvalue weighted by molar-refractivity contribution is 0.168. The highest BCUT2D eigenvalue weighted by molar-refractivity contribution is 7.92. The number of carbonyl (C=O) groups is 1. The van der Waals surface area contributed by atoms with E-state index in [2.05, 4.69) is 30.1 Å². The second-order valence-electron chi connectivity index (χ2n) is 8.69. The summed E-state index contributed by atoms with van der Waals surface area (Å²) in [5.74, 6) is 0.134. The number of rotatable bonds is 9. The van der Waals surface area contributed by atoms with Gasteiger partial charge in [0.1, 0.15) is 5.82 Å². The second-order valence-corrected chi connectivity index (χ2v) is 11.5. The van der Waals surface area contributed by atoms with E-state index in [0.29, 0.717) is 40.9 Å². The molecule has 1 aliphatic rings. The third-order valence-corrected chi connectivity index (χ3v) is 7.33. The first kappa shape index (κ1) is 25.8. The van der Waals surface area contributed by atoms with E-state index >= 15 is 0 Å². The summed E-state index contributed by atoms with van der Waals surface area (Å²) in [5, 5.41) is 6.69. The fourth-order valence-electron chi connectivity index (χ4n) is 3.55. The van der Waals surface area contributed by atoms with Crippen LogP contribution in [-0.2, 0) is 14.8 Å². The first-order valence-electron chi connectivity index (χ1n) is 11.2. The average molecular weight is 535 g/mol. The molecule has 1 amide bonds. The highest BCUT2D eigenvalue weighted by atomic mass is 32.2. The molecule has 1 fully saturated rings. The van der Waals surface area contributed by atoms with Crippen LogP contribution in [0.2, 0.25) is 0 Å². The van der Waals surface area contributed by atoms with Crippen molar-refractivity contribution in [3.05, 3.63) is 40.8 Å². The van der Waals surface area contributed by atoms with Crippen molar-refractivity contribution in [3.8, 4) is 21.8 Å². The number of amides is 1. The number of halogens is 1. The Morgan fingerprint density at radius 2 is 2.06 bits per heavy atom. The molecule has 0 radical (unpaired) electrons. The molecule has 3 aromatic rings. The van der Waals surface area contributed by atoms with Crippen LogP contribution in [0.25, 0.3) is 21.8 Å². The number of carbonyl (C=O) groups excluding carboxylic acids is 1. The number of nitrogens with one attached hydrogen (secondary N) is 3. The van der Waals surface area contributed by atoms with Gasteiger partial charge in [0.25, 0.3) is 0 Å². The third kappa shape index (κ3) is 6.26. The molecule has 0 bridgehead atoms. The minimum atomic E-state index is -3.60. The van der Waals surface area contributed by atoms with Gasteiger partial charge < -0.3 is 15.4 Å². The van der Waals surface area contributed by atoms with E-state index < -0.39 is 21.9 Å². The quantitative estimate of drug-likeness (QED) is 0.373. The normalized spacial score (nSPS) is 14.2. The van der Waals surface area contributed by atoms with Gasteiger partial charge in [0.15, 0.2) is 0 Å². The summed E-state index contributed by atoms with van der Waals surface area (Å²) in [4.78, 5) is 25.9. The smallest absolute Gasteiger partial charge is 0.407 e. The minimum Gasteiger partial charge on any atom is -0.453 e. The molecule has 36 heavy (non-hydrogen) atoms. The van der Waals surface area contributed by atoms with Gasteiger partial charge in [0.05, 0.1) is 40.3 Å². The highest BCUT2D eigenvalue weighted by Gasteiger charge is 2.30. The minimum absolute atomic E-state index is 0.163. The largest absolute Gasteiger partial charge is 0.453 e. The Bertz CT molecular complexity index is 1390. The summed E-state index contributed by atoms with van der Waals surface area (Å²) in [5.41, 5.74) is 2.35. The Kier molecular flexibility index (Phi) is 7.41. The Morgan fingerprint density at radius 3 is 2.72 bits per heavy atom. The summed E-state index contributed by atoms with van der Waals surface area (Å²) in [7, 11) is -2.31. The number of sulfonamides is 1. The van der Waals surface area contributed by atoms with Crippen LogP contribution in [0.15, 0.2) is 24.4 Å². The van der Waals surface area contributed by atoms with Crippen LogP contribution >= 0.6 is 11.3 Å². The van der Waals surface area contributed by atoms with E-state index in [4.69, 9.17) is 4.98 Å². The number of aromatic nitrogens is 3. The van der Waals surface area contributed by atoms with Gasteiger partial charge in [-0.1, -0.05) is 0 Å². The SMILES string of the molecule is COC(=O)N[C@@H](C)CNc1nccc(-c2sc(C3CC3)nc2-c2cc(F)cc(NS(C)(=O)=O)c2C)n1. The molecule has 2 aromatic heterocycles. The topological polar surface area (TPSA) is 135 Å². The maximum absolute atomic E-state index is 14.6. The Balaban J connectivity index is 1.70. The number of methoxy groups -OCH3 is 1. The fourth-order valence-corrected chi connectivity index (χ4v) is 5.38. The number of nitrogens with zero attached hydrogens (tertiary/aromatic N) is 3. The number of alkyl carbamates (subject to hydrolysis) is 1. The maximum Gasteiger partial charge on any atom is 0.407 e. The van der Waals surface area contributed by atoms with Gasteiger partial charge in [0.2, 0.25) is 16.0 Å². The highest BCUT2D eigenvalue weighted by Crippen LogP contribution is 2.47. The van der Waals surface area contributed by atoms with E-state index in [1.165, 1.54) is 24.5 Å². The van der Waals surface area contributed by atoms with E-state index in [1.54, 1.807) is 19.2 Å². The molecule has 4 rings (SSSR count). The molecule has 1 aliphatic carbocycles. The van der Waals surface area contributed by atoms with Crippen molar-refractivity contribution in [2.45, 2.75) is 38.6 Å². The lowest BCUT2D eigenvalue weighted by Gasteiger charge is -2.14. The molecule has 1 atom stereocenters. The zero-order valence-electron chi connectivity index (χ0n) is 20.3. The molecular weight excluding hydrogens is 507 g/mol. The first-order chi connectivity index (χ1) is 17.0. The molecule has 10 nitrogen and oxygen atoms in total. The maximum atomic E-state index is 14.6. The van der Waals surface area contributed by atoms with Gasteiger partial charge in [-0.15, -0.1) is 11.3 Å². The van der Waals surface area contributed by atoms with Crippen molar-refractivity contribution in [1.29, 1.82) is 0 Å². The number of hydrogen-bond acceptors (Lipinski definition) is 9. The molecule has 1 saturated carbocycles. The van der Waals surface area contributed by atoms with Crippen LogP contribution in [0.5, 0.6) is 0 Å². The van der Waals surface area contributed by atoms with E-state index in [1.807, 2.05) is 6.92 Å². The van der Waals surface area contributed by atoms with Crippen molar-refractivity contribution < 1.29 is 22.3 Å². The number of thiazole rings is 1. The zero-order valence-corrected chi connectivity index (χ0v) is 21.9. The third-order valence-electron chi connectivity index (χ3n) is 5.50. The van der Waals surface area contributed by atoms with E-state index in [-0.39, 0.29) is 11.7 Å². The van der Waals surface area contributed by atoms with Gasteiger partial charge in [-0.05, 0) is 50.5 Å². The Hall–Kier alpha value is -3.32. The van der Waals surface area contributed by atoms with Gasteiger partial charge in [-0.25, -0.2) is 32.6 Å². The average Bonchev–Trinajstić information content (AvgIpc) is 3.57. The van der Waals surface area contributed by atoms with Crippen molar-refractivity contribution >= 4 is 39.1 Å². The predicted molar refractivity (Wildman–Crippen MR) is 137 cm³/mol. The summed E-state index contributed by atoms with van der Waals surface area (Å²) in [6.45, 7) is 3.90. The van der Waals surface area contributed by atoms with Crippen LogP contribution in [0, 0.1) is 12.7 Å². The standard InChI is InChI=1S/C23H27FN6O4S2/c1-12(27-23(31)34-3)11-26-22-25-8-7-17(28-22)20-19(29-21(35-20)14-5-6-14)16-9-15(24)10-18(13(16)2)30-36(4,32)33/h7-10,12,14,30H,5-6,11H2,1-4H3,(H,27,31)(H,25,26,28)/t12-/m0/s1. The molecule has 0 spiro atoms. The summed E-state index contributed by atoms with van der Waals surface area (Å²) in [6.07, 6.45) is 4.18. The first-order valence-corrected chi connectivity index (χ1v) is 14.0. The predicted octanol–water partition coefficient (Wildman–Crippen LogP) is 4.12. The number of ether oxygens (including phenoxy) is 1. The van der Waals surface area contributed by atoms with Crippen molar-refractivity contribution in [3.63, 3.8) is 0 Å². The van der Waals surface area contributed by atoms with Gasteiger partial charge in [-0.2, -0.15) is 0 Å². The zero-order chi connectivity index (χ0) is 26.0. The van der Waals surface area contributed by atoms with Crippen LogP contribution in [0.1, 0.15) is 36.3 Å². The molecule has 1 aromatic carbocycles. The number of hydrogen-bond donors (Lipinski definition) is 3. The Morgan fingerprint density at radius 1 is 1.31 bits per heavy atom. The number of benzene rings is 1. The van der Waals surface area contributed by atoms with Crippen molar-refractivity contribution in [2.24, 2.45) is 0 Å². The lowest BCUT2D eigenvalue weighted by Crippen LogP contribution is -2.37. The van der Waals surface area contributed by atoms with Crippen LogP contribution in [-0.4, -0.2) is 55.4 Å². The molecule has 3 N–H and O–H groups in total. The van der Waals surface area contributed by atoms with Gasteiger partial charge in [0, 0.05) is 30.3 Å². The molecule has 0 aliphatic heterocycles. The van der Waals surface area contributed by atoms with E-state index in [0.717, 1.165) is 35.0 Å². The van der Waals surface area contributed by atoms with E-state index in [9.17, 15) is 17.6 Å². The van der Waals surface area contributed by atoms with Crippen LogP contribution < -0.4 is 15.4 Å². The van der Waals surface area contributed by atoms with Crippen LogP contribution in [0.4, 0.5) is 20.8 Å². The summed E-state index contributed by atoms with van der Waals surface area (Å²) >= 11 is 1.49. The molecule has 0 saturated heterocycles.